The maximum atomic E-state index is 14.3. The summed E-state index contributed by atoms with van der Waals surface area (Å²) in [5, 5.41) is 14.9. The Morgan fingerprint density at radius 1 is 0.727 bits per heavy atom. The average molecular weight is 507 g/mol. The van der Waals surface area contributed by atoms with Crippen molar-refractivity contribution in [1.82, 2.24) is 10.2 Å². The van der Waals surface area contributed by atoms with Crippen LogP contribution in [0.2, 0.25) is 0 Å². The third kappa shape index (κ3) is 3.54. The van der Waals surface area contributed by atoms with Crippen LogP contribution >= 0.6 is 0 Å². The average Bonchev–Trinajstić information content (AvgIpc) is 3.13. The van der Waals surface area contributed by atoms with Crippen molar-refractivity contribution in [2.45, 2.75) is 35.8 Å². The van der Waals surface area contributed by atoms with E-state index in [9.17, 15) is 67.2 Å². The normalized spacial score (nSPS) is 14.5. The van der Waals surface area contributed by atoms with E-state index in [1.807, 2.05) is 0 Å². The first kappa shape index (κ1) is 26.2. The van der Waals surface area contributed by atoms with E-state index in [1.54, 1.807) is 0 Å². The zero-order valence-corrected chi connectivity index (χ0v) is 15.0. The summed E-state index contributed by atoms with van der Waals surface area (Å²) in [5.41, 5.74) is -6.61. The molecule has 0 unspecified atom stereocenters. The van der Waals surface area contributed by atoms with E-state index in [1.165, 1.54) is 6.07 Å². The number of alkyl halides is 13. The van der Waals surface area contributed by atoms with Gasteiger partial charge in [-0.25, -0.2) is 0 Å². The lowest BCUT2D eigenvalue weighted by atomic mass is 9.92. The SMILES string of the molecule is O=[N+]([O-])c1c(-c2ccccc2)n[nH]c1C(F)(F)C(F)(F)C(F)(F)C(F)(F)C(F)(F)C(F)(F)F. The van der Waals surface area contributed by atoms with Crippen LogP contribution in [0.15, 0.2) is 30.3 Å². The summed E-state index contributed by atoms with van der Waals surface area (Å²) in [5.74, 6) is -38.7. The van der Waals surface area contributed by atoms with E-state index in [0.29, 0.717) is 0 Å². The van der Waals surface area contributed by atoms with Crippen LogP contribution in [-0.2, 0) is 5.92 Å². The molecule has 33 heavy (non-hydrogen) atoms. The van der Waals surface area contributed by atoms with Gasteiger partial charge in [0.05, 0.1) is 4.92 Å². The largest absolute Gasteiger partial charge is 0.460 e. The fraction of sp³-hybridized carbons (Fsp3) is 0.400. The molecule has 0 spiro atoms. The molecule has 1 heterocycles. The quantitative estimate of drug-likeness (QED) is 0.277. The molecule has 0 saturated carbocycles. The molecule has 1 N–H and O–H groups in total. The Kier molecular flexibility index (Phi) is 5.93. The van der Waals surface area contributed by atoms with Crippen LogP contribution in [-0.4, -0.2) is 45.0 Å². The number of hydrogen-bond acceptors (Lipinski definition) is 3. The van der Waals surface area contributed by atoms with Gasteiger partial charge in [0.15, 0.2) is 11.4 Å². The molecule has 0 aliphatic carbocycles. The first-order valence-corrected chi connectivity index (χ1v) is 7.90. The number of nitro groups is 1. The van der Waals surface area contributed by atoms with Gasteiger partial charge in [-0.1, -0.05) is 30.3 Å². The second-order valence-corrected chi connectivity index (χ2v) is 6.29. The Balaban J connectivity index is 2.73. The van der Waals surface area contributed by atoms with Crippen LogP contribution in [0.4, 0.5) is 62.8 Å². The van der Waals surface area contributed by atoms with E-state index >= 15 is 0 Å². The van der Waals surface area contributed by atoms with Gasteiger partial charge >= 0.3 is 41.5 Å². The second kappa shape index (κ2) is 7.47. The summed E-state index contributed by atoms with van der Waals surface area (Å²) in [6, 6.07) is 5.43. The molecule has 0 bridgehead atoms. The van der Waals surface area contributed by atoms with Crippen molar-refractivity contribution in [3.63, 3.8) is 0 Å². The number of aromatic amines is 1. The zero-order valence-electron chi connectivity index (χ0n) is 15.0. The molecule has 0 fully saturated rings. The minimum Gasteiger partial charge on any atom is -0.269 e. The Hall–Kier alpha value is -3.08. The maximum Gasteiger partial charge on any atom is 0.460 e. The van der Waals surface area contributed by atoms with Crippen molar-refractivity contribution in [3.8, 4) is 11.3 Å². The predicted octanol–water partition coefficient (Wildman–Crippen LogP) is 6.18. The van der Waals surface area contributed by atoms with Gasteiger partial charge in [-0.3, -0.25) is 15.2 Å². The Labute approximate surface area is 172 Å². The number of nitrogens with one attached hydrogen (secondary N) is 1. The van der Waals surface area contributed by atoms with E-state index in [-0.39, 0.29) is 0 Å². The molecular formula is C15H6F13N3O2. The predicted molar refractivity (Wildman–Crippen MR) is 80.4 cm³/mol. The van der Waals surface area contributed by atoms with Crippen LogP contribution in [0, 0.1) is 10.1 Å². The first-order valence-electron chi connectivity index (χ1n) is 7.90. The second-order valence-electron chi connectivity index (χ2n) is 6.29. The lowest BCUT2D eigenvalue weighted by Crippen LogP contribution is -2.69. The minimum absolute atomic E-state index is 0.438. The van der Waals surface area contributed by atoms with Crippen molar-refractivity contribution in [3.05, 3.63) is 46.1 Å². The van der Waals surface area contributed by atoms with Crippen LogP contribution in [0.1, 0.15) is 5.69 Å². The van der Waals surface area contributed by atoms with E-state index in [0.717, 1.165) is 29.4 Å². The third-order valence-corrected chi connectivity index (χ3v) is 4.22. The summed E-state index contributed by atoms with van der Waals surface area (Å²) in [6.07, 6.45) is -7.56. The van der Waals surface area contributed by atoms with Crippen molar-refractivity contribution in [2.24, 2.45) is 0 Å². The number of aromatic nitrogens is 2. The van der Waals surface area contributed by atoms with E-state index in [4.69, 9.17) is 0 Å². The molecule has 184 valence electrons. The number of rotatable bonds is 7. The smallest absolute Gasteiger partial charge is 0.269 e. The molecule has 1 aromatic carbocycles. The highest BCUT2D eigenvalue weighted by Gasteiger charge is 2.91. The molecule has 5 nitrogen and oxygen atoms in total. The van der Waals surface area contributed by atoms with Crippen LogP contribution in [0.3, 0.4) is 0 Å². The molecule has 0 saturated heterocycles. The zero-order chi connectivity index (χ0) is 25.8. The molecular weight excluding hydrogens is 501 g/mol. The summed E-state index contributed by atoms with van der Waals surface area (Å²) < 4.78 is 173. The van der Waals surface area contributed by atoms with Crippen molar-refractivity contribution < 1.29 is 62.0 Å². The molecule has 0 amide bonds. The lowest BCUT2D eigenvalue weighted by molar-refractivity contribution is -0.443. The molecule has 2 rings (SSSR count). The van der Waals surface area contributed by atoms with Gasteiger partial charge < -0.3 is 0 Å². The minimum atomic E-state index is -8.12. The topological polar surface area (TPSA) is 71.8 Å². The van der Waals surface area contributed by atoms with Crippen molar-refractivity contribution >= 4 is 5.69 Å². The Morgan fingerprint density at radius 3 is 1.61 bits per heavy atom. The van der Waals surface area contributed by atoms with Gasteiger partial charge in [0, 0.05) is 5.56 Å². The summed E-state index contributed by atoms with van der Waals surface area (Å²) in [4.78, 5) is 9.30. The summed E-state index contributed by atoms with van der Waals surface area (Å²) in [6.45, 7) is 0. The fourth-order valence-corrected chi connectivity index (χ4v) is 2.46. The van der Waals surface area contributed by atoms with Gasteiger partial charge in [0.1, 0.15) is 0 Å². The van der Waals surface area contributed by atoms with Crippen molar-refractivity contribution in [2.75, 3.05) is 0 Å². The van der Waals surface area contributed by atoms with Gasteiger partial charge in [0.2, 0.25) is 0 Å². The number of nitrogens with zero attached hydrogens (tertiary/aromatic N) is 2. The highest BCUT2D eigenvalue weighted by Crippen LogP contribution is 2.62. The van der Waals surface area contributed by atoms with Gasteiger partial charge in [-0.15, -0.1) is 0 Å². The highest BCUT2D eigenvalue weighted by molar-refractivity contribution is 5.71. The van der Waals surface area contributed by atoms with Gasteiger partial charge in [-0.2, -0.15) is 62.2 Å². The summed E-state index contributed by atoms with van der Waals surface area (Å²) in [7, 11) is 0. The summed E-state index contributed by atoms with van der Waals surface area (Å²) >= 11 is 0. The molecule has 0 aliphatic heterocycles. The third-order valence-electron chi connectivity index (χ3n) is 4.22. The molecule has 18 heteroatoms. The molecule has 0 atom stereocenters. The Bertz CT molecular complexity index is 1030. The van der Waals surface area contributed by atoms with Crippen LogP contribution in [0.5, 0.6) is 0 Å². The fourth-order valence-electron chi connectivity index (χ4n) is 2.46. The monoisotopic (exact) mass is 507 g/mol. The number of H-pyrrole nitrogens is 1. The van der Waals surface area contributed by atoms with Crippen LogP contribution < -0.4 is 0 Å². The standard InChI is InChI=1S/C15H6F13N3O2/c16-10(17,9-8(31(32)33)7(29-30-9)6-4-2-1-3-5-6)11(18,19)12(20,21)13(22,23)14(24,25)15(26,27)28/h1-5H,(H,29,30). The highest BCUT2D eigenvalue weighted by atomic mass is 19.4. The van der Waals surface area contributed by atoms with E-state index < -0.39 is 63.4 Å². The van der Waals surface area contributed by atoms with Gasteiger partial charge in [0.25, 0.3) is 0 Å². The first-order chi connectivity index (χ1) is 14.7. The lowest BCUT2D eigenvalue weighted by Gasteiger charge is -2.39. The number of benzene rings is 1. The van der Waals surface area contributed by atoms with Crippen LogP contribution in [0.25, 0.3) is 11.3 Å². The maximum absolute atomic E-state index is 14.3. The van der Waals surface area contributed by atoms with E-state index in [2.05, 4.69) is 5.10 Å². The van der Waals surface area contributed by atoms with Gasteiger partial charge in [-0.05, 0) is 0 Å². The number of hydrogen-bond donors (Lipinski definition) is 1. The molecule has 2 aromatic rings. The molecule has 0 radical (unpaired) electrons. The number of halogens is 13. The Morgan fingerprint density at radius 2 is 1.18 bits per heavy atom. The molecule has 0 aliphatic rings. The molecule has 1 aromatic heterocycles. The van der Waals surface area contributed by atoms with Crippen molar-refractivity contribution in [1.29, 1.82) is 0 Å².